The number of benzene rings is 1. The van der Waals surface area contributed by atoms with Gasteiger partial charge in [0.25, 0.3) is 0 Å². The minimum Gasteiger partial charge on any atom is -0.444 e. The van der Waals surface area contributed by atoms with Crippen LogP contribution in [0.4, 0.5) is 4.79 Å². The number of aryl methyl sites for hydroxylation is 1. The zero-order valence-corrected chi connectivity index (χ0v) is 21.0. The van der Waals surface area contributed by atoms with Gasteiger partial charge in [-0.05, 0) is 57.6 Å². The number of likely N-dealkylation sites (N-methyl/N-ethyl adjacent to an activating group) is 1. The van der Waals surface area contributed by atoms with Gasteiger partial charge < -0.3 is 20.3 Å². The van der Waals surface area contributed by atoms with E-state index in [0.29, 0.717) is 13.0 Å². The van der Waals surface area contributed by atoms with E-state index in [-0.39, 0.29) is 17.7 Å². The molecule has 0 spiro atoms. The molecule has 32 heavy (non-hydrogen) atoms. The van der Waals surface area contributed by atoms with Gasteiger partial charge in [-0.15, -0.1) is 0 Å². The van der Waals surface area contributed by atoms with Crippen LogP contribution in [0.3, 0.4) is 0 Å². The van der Waals surface area contributed by atoms with Crippen LogP contribution in [0.5, 0.6) is 0 Å². The first kappa shape index (κ1) is 27.5. The SMILES string of the molecule is CCCCNC(=O)C(c1ccccc1C)N(C)C(=O)C(CC(C)C)NC(=O)OC(C)(C)C. The van der Waals surface area contributed by atoms with E-state index in [9.17, 15) is 14.4 Å². The predicted molar refractivity (Wildman–Crippen MR) is 127 cm³/mol. The lowest BCUT2D eigenvalue weighted by molar-refractivity contribution is -0.141. The number of carbonyl (C=O) groups excluding carboxylic acids is 3. The van der Waals surface area contributed by atoms with Crippen molar-refractivity contribution in [2.75, 3.05) is 13.6 Å². The molecule has 180 valence electrons. The second kappa shape index (κ2) is 12.5. The molecule has 0 saturated heterocycles. The molecular weight excluding hydrogens is 406 g/mol. The lowest BCUT2D eigenvalue weighted by atomic mass is 9.97. The highest BCUT2D eigenvalue weighted by molar-refractivity contribution is 5.92. The molecule has 0 aliphatic carbocycles. The first-order valence-corrected chi connectivity index (χ1v) is 11.5. The van der Waals surface area contributed by atoms with Gasteiger partial charge in [0, 0.05) is 13.6 Å². The average molecular weight is 448 g/mol. The average Bonchev–Trinajstić information content (AvgIpc) is 2.66. The van der Waals surface area contributed by atoms with E-state index >= 15 is 0 Å². The summed E-state index contributed by atoms with van der Waals surface area (Å²) in [7, 11) is 1.61. The highest BCUT2D eigenvalue weighted by atomic mass is 16.6. The summed E-state index contributed by atoms with van der Waals surface area (Å²) in [4.78, 5) is 40.5. The minimum absolute atomic E-state index is 0.155. The molecule has 0 saturated carbocycles. The van der Waals surface area contributed by atoms with Gasteiger partial charge in [-0.2, -0.15) is 0 Å². The van der Waals surface area contributed by atoms with Crippen molar-refractivity contribution in [1.29, 1.82) is 0 Å². The number of hydrogen-bond acceptors (Lipinski definition) is 4. The fraction of sp³-hybridized carbons (Fsp3) is 0.640. The molecule has 2 N–H and O–H groups in total. The van der Waals surface area contributed by atoms with Gasteiger partial charge in [0.1, 0.15) is 17.7 Å². The van der Waals surface area contributed by atoms with E-state index in [4.69, 9.17) is 4.74 Å². The number of carbonyl (C=O) groups is 3. The zero-order chi connectivity index (χ0) is 24.5. The van der Waals surface area contributed by atoms with E-state index < -0.39 is 23.8 Å². The molecule has 1 rings (SSSR count). The van der Waals surface area contributed by atoms with Crippen LogP contribution in [-0.2, 0) is 14.3 Å². The number of ether oxygens (including phenoxy) is 1. The van der Waals surface area contributed by atoms with Crippen LogP contribution in [0.15, 0.2) is 24.3 Å². The van der Waals surface area contributed by atoms with Crippen molar-refractivity contribution in [3.63, 3.8) is 0 Å². The molecule has 0 bridgehead atoms. The molecule has 0 aliphatic heterocycles. The Balaban J connectivity index is 3.20. The molecular formula is C25H41N3O4. The Bertz CT molecular complexity index is 771. The van der Waals surface area contributed by atoms with Crippen LogP contribution in [-0.4, -0.2) is 48.0 Å². The Kier molecular flexibility index (Phi) is 10.7. The van der Waals surface area contributed by atoms with E-state index in [1.807, 2.05) is 45.0 Å². The van der Waals surface area contributed by atoms with Gasteiger partial charge >= 0.3 is 6.09 Å². The quantitative estimate of drug-likeness (QED) is 0.522. The molecule has 0 heterocycles. The third-order valence-electron chi connectivity index (χ3n) is 4.99. The maximum Gasteiger partial charge on any atom is 0.408 e. The van der Waals surface area contributed by atoms with Crippen molar-refractivity contribution in [3.05, 3.63) is 35.4 Å². The van der Waals surface area contributed by atoms with Crippen LogP contribution < -0.4 is 10.6 Å². The molecule has 0 aromatic heterocycles. The second-order valence-corrected chi connectivity index (χ2v) is 9.68. The number of unbranched alkanes of at least 4 members (excludes halogenated alkanes) is 1. The summed E-state index contributed by atoms with van der Waals surface area (Å²) in [5.74, 6) is -0.407. The predicted octanol–water partition coefficient (Wildman–Crippen LogP) is 4.35. The van der Waals surface area contributed by atoms with E-state index in [2.05, 4.69) is 17.6 Å². The molecule has 7 nitrogen and oxygen atoms in total. The third-order valence-corrected chi connectivity index (χ3v) is 4.99. The number of alkyl carbamates (subject to hydrolysis) is 1. The topological polar surface area (TPSA) is 87.7 Å². The smallest absolute Gasteiger partial charge is 0.408 e. The number of rotatable bonds is 10. The van der Waals surface area contributed by atoms with Gasteiger partial charge in [0.2, 0.25) is 11.8 Å². The van der Waals surface area contributed by atoms with E-state index in [0.717, 1.165) is 24.0 Å². The number of amides is 3. The summed E-state index contributed by atoms with van der Waals surface area (Å²) in [6, 6.07) is 5.95. The molecule has 1 aromatic carbocycles. The van der Waals surface area contributed by atoms with Gasteiger partial charge in [-0.3, -0.25) is 9.59 Å². The summed E-state index contributed by atoms with van der Waals surface area (Å²) in [5, 5.41) is 5.67. The Hall–Kier alpha value is -2.57. The highest BCUT2D eigenvalue weighted by Gasteiger charge is 2.34. The summed E-state index contributed by atoms with van der Waals surface area (Å²) >= 11 is 0. The van der Waals surface area contributed by atoms with Crippen molar-refractivity contribution < 1.29 is 19.1 Å². The lowest BCUT2D eigenvalue weighted by Gasteiger charge is -2.32. The molecule has 0 fully saturated rings. The van der Waals surface area contributed by atoms with Crippen molar-refractivity contribution >= 4 is 17.9 Å². The second-order valence-electron chi connectivity index (χ2n) is 9.68. The van der Waals surface area contributed by atoms with Gasteiger partial charge in [-0.1, -0.05) is 51.5 Å². The normalized spacial score (nSPS) is 13.3. The van der Waals surface area contributed by atoms with Gasteiger partial charge in [0.15, 0.2) is 0 Å². The Morgan fingerprint density at radius 2 is 1.75 bits per heavy atom. The Morgan fingerprint density at radius 1 is 1.12 bits per heavy atom. The molecule has 7 heteroatoms. The highest BCUT2D eigenvalue weighted by Crippen LogP contribution is 2.25. The van der Waals surface area contributed by atoms with Crippen LogP contribution in [0.2, 0.25) is 0 Å². The summed E-state index contributed by atoms with van der Waals surface area (Å²) in [5.41, 5.74) is 1.01. The van der Waals surface area contributed by atoms with Gasteiger partial charge in [0.05, 0.1) is 0 Å². The molecule has 3 amide bonds. The van der Waals surface area contributed by atoms with Crippen molar-refractivity contribution in [2.24, 2.45) is 5.92 Å². The first-order valence-electron chi connectivity index (χ1n) is 11.5. The summed E-state index contributed by atoms with van der Waals surface area (Å²) < 4.78 is 5.36. The molecule has 2 unspecified atom stereocenters. The molecule has 1 aromatic rings. The third kappa shape index (κ3) is 8.89. The zero-order valence-electron chi connectivity index (χ0n) is 21.0. The minimum atomic E-state index is -0.801. The van der Waals surface area contributed by atoms with Crippen molar-refractivity contribution in [3.8, 4) is 0 Å². The fourth-order valence-corrected chi connectivity index (χ4v) is 3.42. The summed E-state index contributed by atoms with van der Waals surface area (Å²) in [6.45, 7) is 13.8. The lowest BCUT2D eigenvalue weighted by Crippen LogP contribution is -2.52. The fourth-order valence-electron chi connectivity index (χ4n) is 3.42. The molecule has 2 atom stereocenters. The van der Waals surface area contributed by atoms with E-state index in [1.54, 1.807) is 27.8 Å². The van der Waals surface area contributed by atoms with Crippen LogP contribution in [0.25, 0.3) is 0 Å². The van der Waals surface area contributed by atoms with E-state index in [1.165, 1.54) is 4.90 Å². The number of nitrogens with zero attached hydrogens (tertiary/aromatic N) is 1. The standard InChI is InChI=1S/C25H41N3O4/c1-9-10-15-26-22(29)21(19-14-12-11-13-18(19)4)28(8)23(30)20(16-17(2)3)27-24(31)32-25(5,6)7/h11-14,17,20-21H,9-10,15-16H2,1-8H3,(H,26,29)(H,27,31). The number of nitrogens with one attached hydrogen (secondary N) is 2. The van der Waals surface area contributed by atoms with Crippen LogP contribution in [0, 0.1) is 12.8 Å². The maximum absolute atomic E-state index is 13.5. The van der Waals surface area contributed by atoms with Crippen LogP contribution >= 0.6 is 0 Å². The van der Waals surface area contributed by atoms with Crippen molar-refractivity contribution in [2.45, 2.75) is 85.4 Å². The Morgan fingerprint density at radius 3 is 2.28 bits per heavy atom. The van der Waals surface area contributed by atoms with Gasteiger partial charge in [-0.25, -0.2) is 4.79 Å². The monoisotopic (exact) mass is 447 g/mol. The molecule has 0 aliphatic rings. The van der Waals surface area contributed by atoms with Crippen LogP contribution in [0.1, 0.15) is 78.0 Å². The maximum atomic E-state index is 13.5. The largest absolute Gasteiger partial charge is 0.444 e. The molecule has 0 radical (unpaired) electrons. The van der Waals surface area contributed by atoms with Crippen molar-refractivity contribution in [1.82, 2.24) is 15.5 Å². The number of hydrogen-bond donors (Lipinski definition) is 2. The Labute approximate surface area is 193 Å². The summed E-state index contributed by atoms with van der Waals surface area (Å²) in [6.07, 6.45) is 1.60. The first-order chi connectivity index (χ1) is 14.9.